The first-order chi connectivity index (χ1) is 13.8. The number of hydrogen-bond acceptors (Lipinski definition) is 5. The summed E-state index contributed by atoms with van der Waals surface area (Å²) < 4.78 is 18.1. The van der Waals surface area contributed by atoms with Crippen molar-refractivity contribution in [3.05, 3.63) is 59.9 Å². The SMILES string of the molecule is CC(C)C(=O)Nc1ccc(C(=O)[C@@H](C)OC(=O)CCSc2ccc(F)cc2)cc1. The van der Waals surface area contributed by atoms with Gasteiger partial charge in [0.25, 0.3) is 0 Å². The Balaban J connectivity index is 1.80. The van der Waals surface area contributed by atoms with E-state index in [4.69, 9.17) is 4.74 Å². The third-order valence-corrected chi connectivity index (χ3v) is 5.04. The second-order valence-electron chi connectivity index (χ2n) is 6.77. The number of esters is 1. The summed E-state index contributed by atoms with van der Waals surface area (Å²) in [6, 6.07) is 12.5. The number of halogens is 1. The highest BCUT2D eigenvalue weighted by Crippen LogP contribution is 2.19. The van der Waals surface area contributed by atoms with E-state index in [-0.39, 0.29) is 29.8 Å². The molecule has 1 atom stereocenters. The maximum atomic E-state index is 12.9. The Kier molecular flexibility index (Phi) is 8.39. The zero-order chi connectivity index (χ0) is 21.4. The fraction of sp³-hybridized carbons (Fsp3) is 0.318. The summed E-state index contributed by atoms with van der Waals surface area (Å²) in [6.45, 7) is 5.12. The summed E-state index contributed by atoms with van der Waals surface area (Å²) in [7, 11) is 0. The van der Waals surface area contributed by atoms with Crippen LogP contribution in [0.4, 0.5) is 10.1 Å². The number of nitrogens with one attached hydrogen (secondary N) is 1. The topological polar surface area (TPSA) is 72.5 Å². The Morgan fingerprint density at radius 2 is 1.62 bits per heavy atom. The summed E-state index contributed by atoms with van der Waals surface area (Å²) in [5.74, 6) is -0.874. The first kappa shape index (κ1) is 22.6. The van der Waals surface area contributed by atoms with Gasteiger partial charge in [0.15, 0.2) is 6.10 Å². The van der Waals surface area contributed by atoms with Crippen LogP contribution >= 0.6 is 11.8 Å². The molecule has 0 saturated heterocycles. The summed E-state index contributed by atoms with van der Waals surface area (Å²) >= 11 is 1.41. The van der Waals surface area contributed by atoms with Crippen molar-refractivity contribution in [3.8, 4) is 0 Å². The lowest BCUT2D eigenvalue weighted by atomic mass is 10.1. The van der Waals surface area contributed by atoms with E-state index in [0.29, 0.717) is 17.0 Å². The number of ketones is 1. The van der Waals surface area contributed by atoms with Gasteiger partial charge in [0.2, 0.25) is 11.7 Å². The van der Waals surface area contributed by atoms with Crippen molar-refractivity contribution < 1.29 is 23.5 Å². The molecule has 0 heterocycles. The summed E-state index contributed by atoms with van der Waals surface area (Å²) in [4.78, 5) is 37.0. The molecule has 7 heteroatoms. The summed E-state index contributed by atoms with van der Waals surface area (Å²) in [6.07, 6.45) is -0.769. The van der Waals surface area contributed by atoms with Gasteiger partial charge in [0.05, 0.1) is 6.42 Å². The van der Waals surface area contributed by atoms with Crippen molar-refractivity contribution in [2.24, 2.45) is 5.92 Å². The van der Waals surface area contributed by atoms with Crippen LogP contribution in [0.1, 0.15) is 37.6 Å². The van der Waals surface area contributed by atoms with Crippen molar-refractivity contribution in [1.29, 1.82) is 0 Å². The number of thioether (sulfide) groups is 1. The maximum Gasteiger partial charge on any atom is 0.307 e. The van der Waals surface area contributed by atoms with Gasteiger partial charge in [-0.15, -0.1) is 11.8 Å². The molecule has 0 unspecified atom stereocenters. The van der Waals surface area contributed by atoms with E-state index in [2.05, 4.69) is 5.32 Å². The third kappa shape index (κ3) is 7.34. The van der Waals surface area contributed by atoms with Crippen molar-refractivity contribution in [2.75, 3.05) is 11.1 Å². The zero-order valence-corrected chi connectivity index (χ0v) is 17.4. The molecule has 0 radical (unpaired) electrons. The van der Waals surface area contributed by atoms with Crippen LogP contribution in [0.3, 0.4) is 0 Å². The number of ether oxygens (including phenoxy) is 1. The normalized spacial score (nSPS) is 11.8. The van der Waals surface area contributed by atoms with Gasteiger partial charge in [-0.2, -0.15) is 0 Å². The number of amides is 1. The molecule has 2 aromatic carbocycles. The molecule has 0 aliphatic rings. The summed E-state index contributed by atoms with van der Waals surface area (Å²) in [5, 5.41) is 2.75. The predicted octanol–water partition coefficient (Wildman–Crippen LogP) is 4.72. The van der Waals surface area contributed by atoms with E-state index in [1.54, 1.807) is 50.2 Å². The smallest absolute Gasteiger partial charge is 0.307 e. The molecule has 29 heavy (non-hydrogen) atoms. The molecule has 0 aromatic heterocycles. The predicted molar refractivity (Wildman–Crippen MR) is 112 cm³/mol. The van der Waals surface area contributed by atoms with E-state index >= 15 is 0 Å². The highest BCUT2D eigenvalue weighted by molar-refractivity contribution is 7.99. The third-order valence-electron chi connectivity index (χ3n) is 4.03. The quantitative estimate of drug-likeness (QED) is 0.363. The fourth-order valence-electron chi connectivity index (χ4n) is 2.33. The highest BCUT2D eigenvalue weighted by atomic mass is 32.2. The standard InChI is InChI=1S/C22H24FNO4S/c1-14(2)22(27)24-18-8-4-16(5-9-18)21(26)15(3)28-20(25)12-13-29-19-10-6-17(23)7-11-19/h4-11,14-15H,12-13H2,1-3H3,(H,24,27)/t15-/m1/s1. The lowest BCUT2D eigenvalue weighted by Gasteiger charge is -2.13. The number of carbonyl (C=O) groups is 3. The van der Waals surface area contributed by atoms with Crippen molar-refractivity contribution >= 4 is 35.1 Å². The van der Waals surface area contributed by atoms with Crippen LogP contribution in [0.5, 0.6) is 0 Å². The molecule has 2 aromatic rings. The monoisotopic (exact) mass is 417 g/mol. The minimum atomic E-state index is -0.908. The van der Waals surface area contributed by atoms with E-state index in [1.807, 2.05) is 0 Å². The van der Waals surface area contributed by atoms with Crippen LogP contribution in [0, 0.1) is 11.7 Å². The van der Waals surface area contributed by atoms with Gasteiger partial charge in [-0.1, -0.05) is 13.8 Å². The van der Waals surface area contributed by atoms with Crippen LogP contribution in [0.25, 0.3) is 0 Å². The first-order valence-electron chi connectivity index (χ1n) is 9.29. The number of benzene rings is 2. The Morgan fingerprint density at radius 1 is 1.00 bits per heavy atom. The second kappa shape index (κ2) is 10.8. The minimum absolute atomic E-state index is 0.107. The second-order valence-corrected chi connectivity index (χ2v) is 7.94. The van der Waals surface area contributed by atoms with E-state index < -0.39 is 12.1 Å². The van der Waals surface area contributed by atoms with Gasteiger partial charge in [-0.3, -0.25) is 14.4 Å². The van der Waals surface area contributed by atoms with Gasteiger partial charge in [-0.25, -0.2) is 4.39 Å². The van der Waals surface area contributed by atoms with Gasteiger partial charge < -0.3 is 10.1 Å². The van der Waals surface area contributed by atoms with Crippen molar-refractivity contribution in [1.82, 2.24) is 0 Å². The molecule has 1 amide bonds. The van der Waals surface area contributed by atoms with Gasteiger partial charge in [-0.05, 0) is 55.5 Å². The Labute approximate surface area is 174 Å². The van der Waals surface area contributed by atoms with Crippen molar-refractivity contribution in [3.63, 3.8) is 0 Å². The van der Waals surface area contributed by atoms with E-state index in [0.717, 1.165) is 4.90 Å². The Hall–Kier alpha value is -2.67. The largest absolute Gasteiger partial charge is 0.454 e. The number of Topliss-reactive ketones (excluding diaryl/α,β-unsaturated/α-hetero) is 1. The van der Waals surface area contributed by atoms with Gasteiger partial charge in [0.1, 0.15) is 5.82 Å². The molecule has 2 rings (SSSR count). The molecule has 5 nitrogen and oxygen atoms in total. The van der Waals surface area contributed by atoms with Crippen LogP contribution in [-0.2, 0) is 14.3 Å². The maximum absolute atomic E-state index is 12.9. The molecule has 0 fully saturated rings. The number of hydrogen-bond donors (Lipinski definition) is 1. The number of rotatable bonds is 9. The first-order valence-corrected chi connectivity index (χ1v) is 10.3. The molecular weight excluding hydrogens is 393 g/mol. The fourth-order valence-corrected chi connectivity index (χ4v) is 3.16. The van der Waals surface area contributed by atoms with Crippen molar-refractivity contribution in [2.45, 2.75) is 38.2 Å². The molecular formula is C22H24FNO4S. The molecule has 1 N–H and O–H groups in total. The average Bonchev–Trinajstić information content (AvgIpc) is 2.69. The Morgan fingerprint density at radius 3 is 2.21 bits per heavy atom. The highest BCUT2D eigenvalue weighted by Gasteiger charge is 2.19. The molecule has 0 bridgehead atoms. The minimum Gasteiger partial charge on any atom is -0.454 e. The molecule has 0 aliphatic heterocycles. The van der Waals surface area contributed by atoms with Gasteiger partial charge >= 0.3 is 5.97 Å². The molecule has 0 aliphatic carbocycles. The molecule has 154 valence electrons. The lowest BCUT2D eigenvalue weighted by Crippen LogP contribution is -2.24. The lowest BCUT2D eigenvalue weighted by molar-refractivity contribution is -0.145. The molecule has 0 saturated carbocycles. The van der Waals surface area contributed by atoms with Gasteiger partial charge in [0, 0.05) is 27.8 Å². The van der Waals surface area contributed by atoms with Crippen LogP contribution in [-0.4, -0.2) is 29.5 Å². The number of carbonyl (C=O) groups excluding carboxylic acids is 3. The molecule has 0 spiro atoms. The van der Waals surface area contributed by atoms with E-state index in [1.165, 1.54) is 30.8 Å². The Bertz CT molecular complexity index is 850. The average molecular weight is 418 g/mol. The van der Waals surface area contributed by atoms with Crippen LogP contribution < -0.4 is 5.32 Å². The summed E-state index contributed by atoms with van der Waals surface area (Å²) in [5.41, 5.74) is 0.997. The van der Waals surface area contributed by atoms with Crippen LogP contribution in [0.15, 0.2) is 53.4 Å². The van der Waals surface area contributed by atoms with Crippen LogP contribution in [0.2, 0.25) is 0 Å². The number of anilines is 1. The zero-order valence-electron chi connectivity index (χ0n) is 16.6. The van der Waals surface area contributed by atoms with E-state index in [9.17, 15) is 18.8 Å².